The average molecular weight is 424 g/mol. The minimum atomic E-state index is -0.711. The summed E-state index contributed by atoms with van der Waals surface area (Å²) in [5.74, 6) is 0.548. The van der Waals surface area contributed by atoms with E-state index in [1.54, 1.807) is 25.3 Å². The summed E-state index contributed by atoms with van der Waals surface area (Å²) >= 11 is 0. The number of benzene rings is 1. The smallest absolute Gasteiger partial charge is 0.267 e. The largest absolute Gasteiger partial charge is 0.493 e. The molecule has 0 aliphatic carbocycles. The number of hydrogen-bond acceptors (Lipinski definition) is 7. The van der Waals surface area contributed by atoms with Gasteiger partial charge in [-0.25, -0.2) is 9.97 Å². The predicted molar refractivity (Wildman–Crippen MR) is 113 cm³/mol. The summed E-state index contributed by atoms with van der Waals surface area (Å²) in [7, 11) is 1.57. The highest BCUT2D eigenvalue weighted by Crippen LogP contribution is 2.33. The van der Waals surface area contributed by atoms with Gasteiger partial charge in [0.05, 0.1) is 25.0 Å². The molecule has 0 fully saturated rings. The number of carbonyl (C=O) groups excluding carboxylic acids is 2. The highest BCUT2D eigenvalue weighted by molar-refractivity contribution is 5.96. The Morgan fingerprint density at radius 1 is 1.13 bits per heavy atom. The fourth-order valence-electron chi connectivity index (χ4n) is 2.90. The topological polar surface area (TPSA) is 144 Å². The molecule has 0 unspecified atom stereocenters. The molecule has 0 radical (unpaired) electrons. The van der Waals surface area contributed by atoms with Gasteiger partial charge in [-0.2, -0.15) is 0 Å². The number of methoxy groups -OCH3 is 1. The number of amides is 2. The molecule has 0 bridgehead atoms. The van der Waals surface area contributed by atoms with Crippen LogP contribution in [-0.4, -0.2) is 35.5 Å². The number of carbonyl (C=O) groups is 2. The Morgan fingerprint density at radius 3 is 2.55 bits per heavy atom. The number of primary amides is 2. The van der Waals surface area contributed by atoms with Gasteiger partial charge in [-0.15, -0.1) is 0 Å². The van der Waals surface area contributed by atoms with Gasteiger partial charge in [0.15, 0.2) is 11.5 Å². The Hall–Kier alpha value is -3.88. The van der Waals surface area contributed by atoms with Crippen molar-refractivity contribution in [1.29, 1.82) is 0 Å². The van der Waals surface area contributed by atoms with Crippen molar-refractivity contribution in [3.05, 3.63) is 59.2 Å². The van der Waals surface area contributed by atoms with Crippen LogP contribution in [0.15, 0.2) is 41.1 Å². The molecule has 0 atom stereocenters. The van der Waals surface area contributed by atoms with E-state index < -0.39 is 11.8 Å². The molecule has 162 valence electrons. The lowest BCUT2D eigenvalue weighted by Gasteiger charge is -2.13. The molecular weight excluding hydrogens is 400 g/mol. The van der Waals surface area contributed by atoms with Crippen molar-refractivity contribution in [2.75, 3.05) is 13.7 Å². The van der Waals surface area contributed by atoms with Crippen LogP contribution in [-0.2, 0) is 6.42 Å². The molecule has 0 spiro atoms. The van der Waals surface area contributed by atoms with Crippen molar-refractivity contribution >= 4 is 11.8 Å². The second kappa shape index (κ2) is 9.29. The quantitative estimate of drug-likeness (QED) is 0.537. The summed E-state index contributed by atoms with van der Waals surface area (Å²) < 4.78 is 16.8. The second-order valence-electron chi connectivity index (χ2n) is 7.35. The first-order valence-corrected chi connectivity index (χ1v) is 9.62. The number of rotatable bonds is 9. The highest BCUT2D eigenvalue weighted by Gasteiger charge is 2.17. The van der Waals surface area contributed by atoms with E-state index >= 15 is 0 Å². The molecule has 9 nitrogen and oxygen atoms in total. The van der Waals surface area contributed by atoms with E-state index in [4.69, 9.17) is 25.4 Å². The van der Waals surface area contributed by atoms with Gasteiger partial charge in [-0.1, -0.05) is 13.8 Å². The van der Waals surface area contributed by atoms with Crippen molar-refractivity contribution in [2.45, 2.75) is 20.3 Å². The summed E-state index contributed by atoms with van der Waals surface area (Å²) in [6.45, 7) is 4.65. The predicted octanol–water partition coefficient (Wildman–Crippen LogP) is 2.57. The first-order chi connectivity index (χ1) is 14.8. The lowest BCUT2D eigenvalue weighted by Crippen LogP contribution is -2.19. The van der Waals surface area contributed by atoms with Crippen LogP contribution >= 0.6 is 0 Å². The molecule has 0 aliphatic rings. The Labute approximate surface area is 179 Å². The number of nitrogens with zero attached hydrogens (tertiary/aromatic N) is 2. The van der Waals surface area contributed by atoms with Crippen LogP contribution in [0.2, 0.25) is 0 Å². The number of pyridine rings is 1. The normalized spacial score (nSPS) is 10.8. The SMILES string of the molecule is COc1ccc(-c2nc(Cc3cc(C(N)=O)cnc3C(N)=O)co2)cc1OCC(C)C. The molecule has 31 heavy (non-hydrogen) atoms. The fourth-order valence-corrected chi connectivity index (χ4v) is 2.90. The van der Waals surface area contributed by atoms with Crippen LogP contribution in [0.3, 0.4) is 0 Å². The molecule has 0 saturated heterocycles. The summed E-state index contributed by atoms with van der Waals surface area (Å²) in [6.07, 6.45) is 2.87. The zero-order valence-electron chi connectivity index (χ0n) is 17.5. The zero-order chi connectivity index (χ0) is 22.5. The fraction of sp³-hybridized carbons (Fsp3) is 0.273. The second-order valence-corrected chi connectivity index (χ2v) is 7.35. The van der Waals surface area contributed by atoms with E-state index in [1.165, 1.54) is 18.5 Å². The molecule has 3 aromatic rings. The van der Waals surface area contributed by atoms with Crippen LogP contribution in [0.1, 0.15) is 46.0 Å². The zero-order valence-corrected chi connectivity index (χ0v) is 17.5. The maximum atomic E-state index is 11.7. The molecule has 4 N–H and O–H groups in total. The third-order valence-electron chi connectivity index (χ3n) is 4.39. The Bertz CT molecular complexity index is 1110. The van der Waals surface area contributed by atoms with Gasteiger partial charge < -0.3 is 25.4 Å². The van der Waals surface area contributed by atoms with Gasteiger partial charge in [-0.05, 0) is 35.7 Å². The lowest BCUT2D eigenvalue weighted by atomic mass is 10.1. The molecule has 0 saturated carbocycles. The minimum Gasteiger partial charge on any atom is -0.493 e. The van der Waals surface area contributed by atoms with Crippen LogP contribution in [0.25, 0.3) is 11.5 Å². The Morgan fingerprint density at radius 2 is 1.90 bits per heavy atom. The maximum Gasteiger partial charge on any atom is 0.267 e. The van der Waals surface area contributed by atoms with E-state index in [-0.39, 0.29) is 17.7 Å². The van der Waals surface area contributed by atoms with E-state index in [0.29, 0.717) is 46.7 Å². The first kappa shape index (κ1) is 21.8. The van der Waals surface area contributed by atoms with E-state index in [9.17, 15) is 9.59 Å². The number of oxazole rings is 1. The third kappa shape index (κ3) is 5.19. The van der Waals surface area contributed by atoms with Gasteiger partial charge in [-0.3, -0.25) is 9.59 Å². The van der Waals surface area contributed by atoms with E-state index in [2.05, 4.69) is 23.8 Å². The van der Waals surface area contributed by atoms with Gasteiger partial charge in [0.25, 0.3) is 5.91 Å². The number of nitrogens with two attached hydrogens (primary N) is 2. The summed E-state index contributed by atoms with van der Waals surface area (Å²) in [5.41, 5.74) is 12.6. The van der Waals surface area contributed by atoms with Gasteiger partial charge >= 0.3 is 0 Å². The lowest BCUT2D eigenvalue weighted by molar-refractivity contribution is 0.0983. The van der Waals surface area contributed by atoms with E-state index in [0.717, 1.165) is 0 Å². The molecule has 1 aromatic carbocycles. The van der Waals surface area contributed by atoms with Crippen molar-refractivity contribution in [1.82, 2.24) is 9.97 Å². The summed E-state index contributed by atoms with van der Waals surface area (Å²) in [6, 6.07) is 6.86. The average Bonchev–Trinajstić information content (AvgIpc) is 3.20. The van der Waals surface area contributed by atoms with Crippen molar-refractivity contribution < 1.29 is 23.5 Å². The maximum absolute atomic E-state index is 11.7. The monoisotopic (exact) mass is 424 g/mol. The molecule has 2 aromatic heterocycles. The van der Waals surface area contributed by atoms with E-state index in [1.807, 2.05) is 0 Å². The first-order valence-electron chi connectivity index (χ1n) is 9.62. The molecule has 2 heterocycles. The molecule has 2 amide bonds. The number of hydrogen-bond donors (Lipinski definition) is 2. The van der Waals surface area contributed by atoms with Gasteiger partial charge in [0.1, 0.15) is 12.0 Å². The van der Waals surface area contributed by atoms with Crippen molar-refractivity contribution in [3.63, 3.8) is 0 Å². The molecule has 3 rings (SSSR count). The minimum absolute atomic E-state index is 0.0448. The van der Waals surface area contributed by atoms with Gasteiger partial charge in [0.2, 0.25) is 11.8 Å². The Kier molecular flexibility index (Phi) is 6.54. The standard InChI is InChI=1S/C22H24N4O5/c1-12(2)10-30-18-8-13(4-5-17(18)29-3)22-26-16(11-31-22)7-14-6-15(20(23)27)9-25-19(14)21(24)28/h4-6,8-9,11-12H,7,10H2,1-3H3,(H2,23,27)(H2,24,28). The van der Waals surface area contributed by atoms with Crippen LogP contribution in [0, 0.1) is 5.92 Å². The van der Waals surface area contributed by atoms with Crippen molar-refractivity contribution in [3.8, 4) is 23.0 Å². The number of aromatic nitrogens is 2. The van der Waals surface area contributed by atoms with Crippen LogP contribution in [0.4, 0.5) is 0 Å². The summed E-state index contributed by atoms with van der Waals surface area (Å²) in [5, 5.41) is 0. The third-order valence-corrected chi connectivity index (χ3v) is 4.39. The molecule has 0 aliphatic heterocycles. The van der Waals surface area contributed by atoms with Crippen LogP contribution < -0.4 is 20.9 Å². The van der Waals surface area contributed by atoms with Crippen molar-refractivity contribution in [2.24, 2.45) is 17.4 Å². The summed E-state index contributed by atoms with van der Waals surface area (Å²) in [4.78, 5) is 31.6. The Balaban J connectivity index is 1.89. The van der Waals surface area contributed by atoms with Gasteiger partial charge in [0, 0.05) is 18.2 Å². The van der Waals surface area contributed by atoms with Crippen LogP contribution in [0.5, 0.6) is 11.5 Å². The molecular formula is C22H24N4O5. The number of ether oxygens (including phenoxy) is 2. The highest BCUT2D eigenvalue weighted by atomic mass is 16.5. The molecule has 9 heteroatoms.